The molecule has 8 nitrogen and oxygen atoms in total. The highest BCUT2D eigenvalue weighted by Crippen LogP contribution is 2.29. The van der Waals surface area contributed by atoms with Crippen LogP contribution in [0.2, 0.25) is 0 Å². The average Bonchev–Trinajstić information content (AvgIpc) is 3.50. The van der Waals surface area contributed by atoms with E-state index in [9.17, 15) is 13.6 Å². The minimum atomic E-state index is -0.777. The van der Waals surface area contributed by atoms with E-state index in [4.69, 9.17) is 10.5 Å². The number of fused-ring (bicyclic) bond motifs is 1. The van der Waals surface area contributed by atoms with Crippen LogP contribution in [0.25, 0.3) is 16.8 Å². The van der Waals surface area contributed by atoms with E-state index < -0.39 is 17.5 Å². The molecule has 10 heteroatoms. The predicted molar refractivity (Wildman–Crippen MR) is 130 cm³/mol. The lowest BCUT2D eigenvalue weighted by atomic mass is 10.0. The number of nitrogens with one attached hydrogen (secondary N) is 1. The number of amides is 1. The number of hydrogen-bond acceptors (Lipinski definition) is 6. The lowest BCUT2D eigenvalue weighted by molar-refractivity contribution is 0.0950. The first-order valence-electron chi connectivity index (χ1n) is 11.8. The standard InChI is InChI=1S/C26H26F2N6O2/c1-15-21(17-6-7-34-23(10-17)32-26(29)33-34)9-19(13-30-15)25(35)31-12-18-8-20(27)11-22(28)24(18)36-14-16-4-2-3-5-16/h6-11,13,16H,2-5,12,14H2,1H3,(H2,29,33)(H,31,35). The highest BCUT2D eigenvalue weighted by atomic mass is 19.1. The molecule has 1 fully saturated rings. The summed E-state index contributed by atoms with van der Waals surface area (Å²) in [4.78, 5) is 21.5. The van der Waals surface area contributed by atoms with Crippen LogP contribution in [0.1, 0.15) is 47.3 Å². The molecule has 1 aliphatic rings. The molecule has 3 heterocycles. The number of aryl methyl sites for hydroxylation is 1. The van der Waals surface area contributed by atoms with Crippen LogP contribution in [0.4, 0.5) is 14.7 Å². The summed E-state index contributed by atoms with van der Waals surface area (Å²) in [5.74, 6) is -1.43. The molecule has 0 radical (unpaired) electrons. The number of anilines is 1. The highest BCUT2D eigenvalue weighted by Gasteiger charge is 2.20. The van der Waals surface area contributed by atoms with Crippen LogP contribution >= 0.6 is 0 Å². The van der Waals surface area contributed by atoms with Crippen LogP contribution in [-0.4, -0.2) is 32.1 Å². The number of benzene rings is 1. The third-order valence-electron chi connectivity index (χ3n) is 6.48. The van der Waals surface area contributed by atoms with Crippen molar-refractivity contribution in [2.24, 2.45) is 5.92 Å². The molecular formula is C26H26F2N6O2. The molecule has 0 bridgehead atoms. The molecule has 3 aromatic heterocycles. The molecule has 0 aliphatic heterocycles. The maximum absolute atomic E-state index is 14.5. The largest absolute Gasteiger partial charge is 0.490 e. The van der Waals surface area contributed by atoms with Crippen molar-refractivity contribution in [2.75, 3.05) is 12.3 Å². The first-order chi connectivity index (χ1) is 17.4. The Kier molecular flexibility index (Phi) is 6.49. The van der Waals surface area contributed by atoms with Crippen LogP contribution in [0.3, 0.4) is 0 Å². The van der Waals surface area contributed by atoms with E-state index in [1.54, 1.807) is 22.8 Å². The average molecular weight is 493 g/mol. The number of carbonyl (C=O) groups excluding carboxylic acids is 1. The SMILES string of the molecule is Cc1ncc(C(=O)NCc2cc(F)cc(F)c2OCC2CCCC2)cc1-c1ccn2nc(N)nc2c1. The van der Waals surface area contributed by atoms with Gasteiger partial charge in [-0.1, -0.05) is 12.8 Å². The summed E-state index contributed by atoms with van der Waals surface area (Å²) >= 11 is 0. The minimum absolute atomic E-state index is 0.0211. The molecule has 0 spiro atoms. The summed E-state index contributed by atoms with van der Waals surface area (Å²) in [7, 11) is 0. The van der Waals surface area contributed by atoms with Crippen molar-refractivity contribution in [1.82, 2.24) is 24.9 Å². The summed E-state index contributed by atoms with van der Waals surface area (Å²) in [5, 5.41) is 6.80. The van der Waals surface area contributed by atoms with Crippen molar-refractivity contribution in [3.8, 4) is 16.9 Å². The highest BCUT2D eigenvalue weighted by molar-refractivity contribution is 5.95. The Labute approximate surface area is 206 Å². The van der Waals surface area contributed by atoms with E-state index in [1.165, 1.54) is 12.3 Å². The Morgan fingerprint density at radius 3 is 2.83 bits per heavy atom. The van der Waals surface area contributed by atoms with E-state index in [0.717, 1.165) is 48.6 Å². The molecule has 3 N–H and O–H groups in total. The molecule has 186 valence electrons. The van der Waals surface area contributed by atoms with Gasteiger partial charge in [-0.15, -0.1) is 5.10 Å². The smallest absolute Gasteiger partial charge is 0.253 e. The van der Waals surface area contributed by atoms with Crippen LogP contribution in [0, 0.1) is 24.5 Å². The van der Waals surface area contributed by atoms with E-state index >= 15 is 0 Å². The Hall–Kier alpha value is -4.08. The van der Waals surface area contributed by atoms with Gasteiger partial charge in [-0.3, -0.25) is 9.78 Å². The fourth-order valence-electron chi connectivity index (χ4n) is 4.58. The van der Waals surface area contributed by atoms with Crippen molar-refractivity contribution in [1.29, 1.82) is 0 Å². The number of rotatable bonds is 7. The zero-order chi connectivity index (χ0) is 25.2. The maximum Gasteiger partial charge on any atom is 0.253 e. The van der Waals surface area contributed by atoms with Gasteiger partial charge >= 0.3 is 0 Å². The normalized spacial score (nSPS) is 13.9. The Morgan fingerprint density at radius 2 is 2.03 bits per heavy atom. The summed E-state index contributed by atoms with van der Waals surface area (Å²) in [5.41, 5.74) is 9.04. The molecule has 5 rings (SSSR count). The molecule has 4 aromatic rings. The topological polar surface area (TPSA) is 107 Å². The monoisotopic (exact) mass is 492 g/mol. The van der Waals surface area contributed by atoms with E-state index in [1.807, 2.05) is 13.0 Å². The molecule has 1 saturated carbocycles. The van der Waals surface area contributed by atoms with Crippen molar-refractivity contribution >= 4 is 17.5 Å². The van der Waals surface area contributed by atoms with Crippen LogP contribution < -0.4 is 15.8 Å². The van der Waals surface area contributed by atoms with Crippen molar-refractivity contribution in [3.63, 3.8) is 0 Å². The Bertz CT molecular complexity index is 1430. The molecule has 1 aliphatic carbocycles. The second-order valence-electron chi connectivity index (χ2n) is 9.07. The number of carbonyl (C=O) groups is 1. The first-order valence-corrected chi connectivity index (χ1v) is 11.8. The Balaban J connectivity index is 1.34. The summed E-state index contributed by atoms with van der Waals surface area (Å²) in [6, 6.07) is 7.33. The molecule has 0 saturated heterocycles. The fraction of sp³-hybridized carbons (Fsp3) is 0.308. The zero-order valence-corrected chi connectivity index (χ0v) is 19.8. The van der Waals surface area contributed by atoms with E-state index in [2.05, 4.69) is 20.4 Å². The second-order valence-corrected chi connectivity index (χ2v) is 9.07. The van der Waals surface area contributed by atoms with Gasteiger partial charge in [0.2, 0.25) is 5.95 Å². The fourth-order valence-corrected chi connectivity index (χ4v) is 4.58. The number of nitrogen functional groups attached to an aromatic ring is 1. The maximum atomic E-state index is 14.5. The van der Waals surface area contributed by atoms with Crippen molar-refractivity contribution in [2.45, 2.75) is 39.2 Å². The van der Waals surface area contributed by atoms with Gasteiger partial charge < -0.3 is 15.8 Å². The van der Waals surface area contributed by atoms with Gasteiger partial charge in [0.05, 0.1) is 12.2 Å². The van der Waals surface area contributed by atoms with Gasteiger partial charge in [0.15, 0.2) is 17.2 Å². The predicted octanol–water partition coefficient (Wildman–Crippen LogP) is 4.46. The number of hydrogen-bond donors (Lipinski definition) is 2. The number of nitrogens with two attached hydrogens (primary N) is 1. The minimum Gasteiger partial charge on any atom is -0.490 e. The molecule has 1 amide bonds. The van der Waals surface area contributed by atoms with Gasteiger partial charge in [-0.25, -0.2) is 13.3 Å². The lowest BCUT2D eigenvalue weighted by Crippen LogP contribution is -2.24. The summed E-state index contributed by atoms with van der Waals surface area (Å²) in [6.45, 7) is 2.11. The van der Waals surface area contributed by atoms with Crippen LogP contribution in [0.15, 0.2) is 42.7 Å². The molecule has 0 atom stereocenters. The Morgan fingerprint density at radius 1 is 1.22 bits per heavy atom. The molecule has 36 heavy (non-hydrogen) atoms. The number of ether oxygens (including phenoxy) is 1. The van der Waals surface area contributed by atoms with Gasteiger partial charge in [-0.05, 0) is 55.5 Å². The molecule has 0 unspecified atom stereocenters. The molecular weight excluding hydrogens is 466 g/mol. The summed E-state index contributed by atoms with van der Waals surface area (Å²) in [6.07, 6.45) is 7.54. The summed E-state index contributed by atoms with van der Waals surface area (Å²) < 4.78 is 35.8. The molecule has 1 aromatic carbocycles. The number of nitrogens with zero attached hydrogens (tertiary/aromatic N) is 4. The van der Waals surface area contributed by atoms with E-state index in [-0.39, 0.29) is 23.8 Å². The van der Waals surface area contributed by atoms with Crippen LogP contribution in [0.5, 0.6) is 5.75 Å². The zero-order valence-electron chi connectivity index (χ0n) is 19.8. The number of aromatic nitrogens is 4. The number of pyridine rings is 2. The van der Waals surface area contributed by atoms with Gasteiger partial charge in [0, 0.05) is 41.8 Å². The third-order valence-corrected chi connectivity index (χ3v) is 6.48. The quantitative estimate of drug-likeness (QED) is 0.395. The lowest BCUT2D eigenvalue weighted by Gasteiger charge is -2.16. The van der Waals surface area contributed by atoms with E-state index in [0.29, 0.717) is 23.7 Å². The van der Waals surface area contributed by atoms with Crippen molar-refractivity contribution < 1.29 is 18.3 Å². The van der Waals surface area contributed by atoms with Gasteiger partial charge in [-0.2, -0.15) is 4.98 Å². The van der Waals surface area contributed by atoms with Crippen molar-refractivity contribution in [3.05, 3.63) is 71.2 Å². The third kappa shape index (κ3) is 4.98. The first kappa shape index (κ1) is 23.7. The van der Waals surface area contributed by atoms with Gasteiger partial charge in [0.25, 0.3) is 5.91 Å². The van der Waals surface area contributed by atoms with Crippen LogP contribution in [-0.2, 0) is 6.54 Å². The number of halogens is 2. The second kappa shape index (κ2) is 9.88. The van der Waals surface area contributed by atoms with Gasteiger partial charge in [0.1, 0.15) is 5.82 Å².